The van der Waals surface area contributed by atoms with Crippen molar-refractivity contribution in [1.82, 2.24) is 10.9 Å². The third-order valence-corrected chi connectivity index (χ3v) is 4.86. The standard InChI is InChI=1S/C23H29N3O4/c1-5-26(6-2)20-11-9-19(10-12-20)23(29)25-24-21(27)15-30-22(28)14-18-8-7-16(3)17(4)13-18/h7-13H,5-6,14-15H2,1-4H3,(H,24,27)(H,25,29). The second-order valence-electron chi connectivity index (χ2n) is 6.98. The molecule has 0 heterocycles. The van der Waals surface area contributed by atoms with Gasteiger partial charge >= 0.3 is 5.97 Å². The first-order chi connectivity index (χ1) is 14.3. The minimum atomic E-state index is -0.614. The maximum atomic E-state index is 12.2. The monoisotopic (exact) mass is 411 g/mol. The summed E-state index contributed by atoms with van der Waals surface area (Å²) in [6.45, 7) is 9.38. The van der Waals surface area contributed by atoms with E-state index in [9.17, 15) is 14.4 Å². The molecule has 0 radical (unpaired) electrons. The summed E-state index contributed by atoms with van der Waals surface area (Å²) in [4.78, 5) is 38.1. The van der Waals surface area contributed by atoms with Crippen LogP contribution in [0.5, 0.6) is 0 Å². The van der Waals surface area contributed by atoms with Crippen molar-refractivity contribution in [3.05, 3.63) is 64.7 Å². The van der Waals surface area contributed by atoms with Crippen LogP contribution in [0.2, 0.25) is 0 Å². The van der Waals surface area contributed by atoms with E-state index in [0.29, 0.717) is 5.56 Å². The van der Waals surface area contributed by atoms with Gasteiger partial charge in [0.1, 0.15) is 0 Å². The van der Waals surface area contributed by atoms with Crippen molar-refractivity contribution in [3.8, 4) is 0 Å². The summed E-state index contributed by atoms with van der Waals surface area (Å²) in [5, 5.41) is 0. The molecule has 2 amide bonds. The van der Waals surface area contributed by atoms with Crippen molar-refractivity contribution in [2.45, 2.75) is 34.1 Å². The maximum Gasteiger partial charge on any atom is 0.310 e. The van der Waals surface area contributed by atoms with Gasteiger partial charge in [-0.15, -0.1) is 0 Å². The Balaban J connectivity index is 1.76. The van der Waals surface area contributed by atoms with E-state index < -0.39 is 24.4 Å². The molecule has 0 unspecified atom stereocenters. The molecule has 0 aliphatic rings. The molecule has 0 fully saturated rings. The summed E-state index contributed by atoms with van der Waals surface area (Å²) in [7, 11) is 0. The number of carbonyl (C=O) groups is 3. The summed E-state index contributed by atoms with van der Waals surface area (Å²) < 4.78 is 4.97. The number of hydrogen-bond acceptors (Lipinski definition) is 5. The Labute approximate surface area is 177 Å². The zero-order valence-corrected chi connectivity index (χ0v) is 18.0. The molecule has 30 heavy (non-hydrogen) atoms. The molecule has 0 bridgehead atoms. The van der Waals surface area contributed by atoms with Crippen LogP contribution in [0, 0.1) is 13.8 Å². The van der Waals surface area contributed by atoms with Crippen LogP contribution in [0.4, 0.5) is 5.69 Å². The molecule has 0 saturated carbocycles. The Kier molecular flexibility index (Phi) is 8.41. The van der Waals surface area contributed by atoms with Gasteiger partial charge in [-0.3, -0.25) is 25.2 Å². The lowest BCUT2D eigenvalue weighted by molar-refractivity contribution is -0.148. The molecule has 0 aliphatic carbocycles. The molecule has 0 saturated heterocycles. The van der Waals surface area contributed by atoms with Crippen molar-refractivity contribution >= 4 is 23.5 Å². The Hall–Kier alpha value is -3.35. The molecule has 0 spiro atoms. The van der Waals surface area contributed by atoms with E-state index >= 15 is 0 Å². The molecule has 7 heteroatoms. The summed E-state index contributed by atoms with van der Waals surface area (Å²) in [5.41, 5.74) is 9.06. The van der Waals surface area contributed by atoms with Gasteiger partial charge in [-0.05, 0) is 68.7 Å². The largest absolute Gasteiger partial charge is 0.455 e. The van der Waals surface area contributed by atoms with Crippen molar-refractivity contribution in [2.24, 2.45) is 0 Å². The SMILES string of the molecule is CCN(CC)c1ccc(C(=O)NNC(=O)COC(=O)Cc2ccc(C)c(C)c2)cc1. The first-order valence-electron chi connectivity index (χ1n) is 10.00. The van der Waals surface area contributed by atoms with Gasteiger partial charge in [0.25, 0.3) is 11.8 Å². The highest BCUT2D eigenvalue weighted by atomic mass is 16.5. The smallest absolute Gasteiger partial charge is 0.310 e. The van der Waals surface area contributed by atoms with Crippen LogP contribution >= 0.6 is 0 Å². The second-order valence-corrected chi connectivity index (χ2v) is 6.98. The molecular formula is C23H29N3O4. The molecule has 160 valence electrons. The summed E-state index contributed by atoms with van der Waals surface area (Å²) in [6, 6.07) is 12.8. The summed E-state index contributed by atoms with van der Waals surface area (Å²) in [5.74, 6) is -1.57. The lowest BCUT2D eigenvalue weighted by Gasteiger charge is -2.21. The number of amides is 2. The first-order valence-corrected chi connectivity index (χ1v) is 10.00. The number of hydrogen-bond donors (Lipinski definition) is 2. The quantitative estimate of drug-likeness (QED) is 0.515. The molecule has 2 aromatic carbocycles. The number of benzene rings is 2. The minimum Gasteiger partial charge on any atom is -0.455 e. The van der Waals surface area contributed by atoms with Crippen molar-refractivity contribution < 1.29 is 19.1 Å². The van der Waals surface area contributed by atoms with Crippen LogP contribution < -0.4 is 15.8 Å². The van der Waals surface area contributed by atoms with Crippen molar-refractivity contribution in [1.29, 1.82) is 0 Å². The Morgan fingerprint density at radius 3 is 2.17 bits per heavy atom. The van der Waals surface area contributed by atoms with Gasteiger partial charge in [0, 0.05) is 24.3 Å². The van der Waals surface area contributed by atoms with Crippen LogP contribution in [0.15, 0.2) is 42.5 Å². The summed E-state index contributed by atoms with van der Waals surface area (Å²) >= 11 is 0. The predicted molar refractivity (Wildman–Crippen MR) is 116 cm³/mol. The van der Waals surface area contributed by atoms with Crippen LogP contribution in [0.1, 0.15) is 40.9 Å². The molecule has 2 N–H and O–H groups in total. The third kappa shape index (κ3) is 6.62. The highest BCUT2D eigenvalue weighted by molar-refractivity contribution is 5.95. The minimum absolute atomic E-state index is 0.0830. The van der Waals surface area contributed by atoms with Crippen LogP contribution in [0.25, 0.3) is 0 Å². The molecular weight excluding hydrogens is 382 g/mol. The number of ether oxygens (including phenoxy) is 1. The van der Waals surface area contributed by atoms with E-state index in [4.69, 9.17) is 4.74 Å². The molecule has 0 aliphatic heterocycles. The highest BCUT2D eigenvalue weighted by Gasteiger charge is 2.11. The zero-order valence-electron chi connectivity index (χ0n) is 18.0. The third-order valence-electron chi connectivity index (χ3n) is 4.86. The number of carbonyl (C=O) groups excluding carboxylic acids is 3. The van der Waals surface area contributed by atoms with Gasteiger partial charge < -0.3 is 9.64 Å². The van der Waals surface area contributed by atoms with Crippen LogP contribution in [0.3, 0.4) is 0 Å². The molecule has 0 atom stereocenters. The lowest BCUT2D eigenvalue weighted by atomic mass is 10.0. The fourth-order valence-electron chi connectivity index (χ4n) is 2.92. The van der Waals surface area contributed by atoms with Crippen molar-refractivity contribution in [3.63, 3.8) is 0 Å². The zero-order chi connectivity index (χ0) is 22.1. The number of nitrogens with zero attached hydrogens (tertiary/aromatic N) is 1. The number of rotatable bonds is 8. The van der Waals surface area contributed by atoms with E-state index in [1.54, 1.807) is 12.1 Å². The van der Waals surface area contributed by atoms with Gasteiger partial charge in [0.2, 0.25) is 0 Å². The van der Waals surface area contributed by atoms with Crippen LogP contribution in [-0.4, -0.2) is 37.5 Å². The molecule has 7 nitrogen and oxygen atoms in total. The fourth-order valence-corrected chi connectivity index (χ4v) is 2.92. The average molecular weight is 412 g/mol. The van der Waals surface area contributed by atoms with Gasteiger partial charge in [0.15, 0.2) is 6.61 Å². The topological polar surface area (TPSA) is 87.7 Å². The molecule has 2 aromatic rings. The van der Waals surface area contributed by atoms with E-state index in [2.05, 4.69) is 29.6 Å². The Bertz CT molecular complexity index is 890. The number of hydrazine groups is 1. The number of nitrogens with one attached hydrogen (secondary N) is 2. The summed E-state index contributed by atoms with van der Waals surface area (Å²) in [6.07, 6.45) is 0.0830. The number of anilines is 1. The maximum absolute atomic E-state index is 12.2. The van der Waals surface area contributed by atoms with Crippen LogP contribution in [-0.2, 0) is 20.7 Å². The predicted octanol–water partition coefficient (Wildman–Crippen LogP) is 2.70. The lowest BCUT2D eigenvalue weighted by Crippen LogP contribution is -2.43. The van der Waals surface area contributed by atoms with E-state index in [0.717, 1.165) is 35.5 Å². The Morgan fingerprint density at radius 2 is 1.57 bits per heavy atom. The normalized spacial score (nSPS) is 10.3. The van der Waals surface area contributed by atoms with Gasteiger partial charge in [-0.25, -0.2) is 0 Å². The van der Waals surface area contributed by atoms with Gasteiger partial charge in [-0.1, -0.05) is 18.2 Å². The Morgan fingerprint density at radius 1 is 0.900 bits per heavy atom. The van der Waals surface area contributed by atoms with E-state index in [1.165, 1.54) is 0 Å². The highest BCUT2D eigenvalue weighted by Crippen LogP contribution is 2.14. The van der Waals surface area contributed by atoms with E-state index in [-0.39, 0.29) is 6.42 Å². The van der Waals surface area contributed by atoms with Crippen molar-refractivity contribution in [2.75, 3.05) is 24.6 Å². The number of aryl methyl sites for hydroxylation is 2. The number of esters is 1. The molecule has 2 rings (SSSR count). The molecule has 0 aromatic heterocycles. The fraction of sp³-hybridized carbons (Fsp3) is 0.348. The first kappa shape index (κ1) is 22.9. The van der Waals surface area contributed by atoms with Gasteiger partial charge in [-0.2, -0.15) is 0 Å². The second kappa shape index (κ2) is 11.0. The average Bonchev–Trinajstić information content (AvgIpc) is 2.74. The van der Waals surface area contributed by atoms with Gasteiger partial charge in [0.05, 0.1) is 6.42 Å². The van der Waals surface area contributed by atoms with E-state index in [1.807, 2.05) is 44.2 Å².